The van der Waals surface area contributed by atoms with Crippen LogP contribution < -0.4 is 5.32 Å². The van der Waals surface area contributed by atoms with E-state index in [1.807, 2.05) is 24.3 Å². The van der Waals surface area contributed by atoms with Gasteiger partial charge in [0.1, 0.15) is 0 Å². The second kappa shape index (κ2) is 7.72. The SMILES string of the molecule is N#Cc1ccc(-c2cc(NC(=O)C3CCOCC3)cc3c2CN(C#N)C3)cc1. The molecule has 1 amide bonds. The number of carbonyl (C=O) groups excluding carboxylic acids is 1. The lowest BCUT2D eigenvalue weighted by Gasteiger charge is -2.21. The van der Waals surface area contributed by atoms with Crippen LogP contribution in [-0.2, 0) is 22.6 Å². The van der Waals surface area contributed by atoms with E-state index in [4.69, 9.17) is 10.00 Å². The van der Waals surface area contributed by atoms with E-state index in [-0.39, 0.29) is 11.8 Å². The van der Waals surface area contributed by atoms with Gasteiger partial charge < -0.3 is 15.0 Å². The maximum absolute atomic E-state index is 12.7. The number of fused-ring (bicyclic) bond motifs is 1. The number of anilines is 1. The van der Waals surface area contributed by atoms with Crippen molar-refractivity contribution in [3.05, 3.63) is 53.1 Å². The van der Waals surface area contributed by atoms with Crippen molar-refractivity contribution in [1.29, 1.82) is 10.5 Å². The molecular formula is C22H20N4O2. The molecule has 2 heterocycles. The van der Waals surface area contributed by atoms with E-state index in [1.165, 1.54) is 0 Å². The predicted molar refractivity (Wildman–Crippen MR) is 104 cm³/mol. The maximum Gasteiger partial charge on any atom is 0.227 e. The van der Waals surface area contributed by atoms with Gasteiger partial charge in [-0.15, -0.1) is 0 Å². The van der Waals surface area contributed by atoms with Crippen LogP contribution in [0.5, 0.6) is 0 Å². The Morgan fingerprint density at radius 3 is 2.54 bits per heavy atom. The van der Waals surface area contributed by atoms with Gasteiger partial charge in [0.25, 0.3) is 0 Å². The standard InChI is InChI=1S/C22H20N4O2/c23-11-15-1-3-16(4-2-15)20-10-19(9-18-12-26(14-24)13-21(18)20)25-22(27)17-5-7-28-8-6-17/h1-4,9-10,17H,5-8,12-13H2,(H,25,27). The molecule has 0 bridgehead atoms. The monoisotopic (exact) mass is 372 g/mol. The van der Waals surface area contributed by atoms with Gasteiger partial charge in [-0.2, -0.15) is 10.5 Å². The highest BCUT2D eigenvalue weighted by molar-refractivity contribution is 5.93. The molecule has 6 heteroatoms. The molecule has 2 aliphatic heterocycles. The summed E-state index contributed by atoms with van der Waals surface area (Å²) in [5, 5.41) is 21.4. The molecule has 1 saturated heterocycles. The molecule has 1 fully saturated rings. The topological polar surface area (TPSA) is 89.2 Å². The fourth-order valence-corrected chi connectivity index (χ4v) is 3.84. The van der Waals surface area contributed by atoms with Crippen LogP contribution >= 0.6 is 0 Å². The average molecular weight is 372 g/mol. The van der Waals surface area contributed by atoms with Crippen molar-refractivity contribution in [2.45, 2.75) is 25.9 Å². The van der Waals surface area contributed by atoms with Crippen LogP contribution in [0.3, 0.4) is 0 Å². The normalized spacial score (nSPS) is 16.1. The van der Waals surface area contributed by atoms with Gasteiger partial charge in [0, 0.05) is 24.8 Å². The summed E-state index contributed by atoms with van der Waals surface area (Å²) in [5.74, 6) is -0.0138. The first kappa shape index (κ1) is 18.0. The molecule has 0 unspecified atom stereocenters. The third-order valence-corrected chi connectivity index (χ3v) is 5.38. The van der Waals surface area contributed by atoms with Crippen molar-refractivity contribution in [2.24, 2.45) is 5.92 Å². The quantitative estimate of drug-likeness (QED) is 0.834. The predicted octanol–water partition coefficient (Wildman–Crippen LogP) is 3.39. The summed E-state index contributed by atoms with van der Waals surface area (Å²) in [6.07, 6.45) is 3.68. The number of ether oxygens (including phenoxy) is 1. The highest BCUT2D eigenvalue weighted by Crippen LogP contribution is 2.36. The molecule has 0 saturated carbocycles. The Bertz CT molecular complexity index is 979. The van der Waals surface area contributed by atoms with Gasteiger partial charge >= 0.3 is 0 Å². The number of benzene rings is 2. The average Bonchev–Trinajstić information content (AvgIpc) is 3.17. The van der Waals surface area contributed by atoms with Gasteiger partial charge in [0.05, 0.1) is 24.7 Å². The van der Waals surface area contributed by atoms with Crippen molar-refractivity contribution < 1.29 is 9.53 Å². The van der Waals surface area contributed by atoms with Gasteiger partial charge in [0.15, 0.2) is 6.19 Å². The van der Waals surface area contributed by atoms with Crippen LogP contribution in [0, 0.1) is 28.7 Å². The number of nitriles is 2. The molecule has 2 aliphatic rings. The first-order valence-corrected chi connectivity index (χ1v) is 9.37. The van der Waals surface area contributed by atoms with E-state index in [0.29, 0.717) is 31.9 Å². The lowest BCUT2D eigenvalue weighted by molar-refractivity contribution is -0.122. The smallest absolute Gasteiger partial charge is 0.227 e. The van der Waals surface area contributed by atoms with Crippen molar-refractivity contribution in [2.75, 3.05) is 18.5 Å². The third kappa shape index (κ3) is 3.55. The van der Waals surface area contributed by atoms with Crippen LogP contribution in [0.25, 0.3) is 11.1 Å². The van der Waals surface area contributed by atoms with Gasteiger partial charge in [0.2, 0.25) is 5.91 Å². The molecule has 0 radical (unpaired) electrons. The Kier molecular flexibility index (Phi) is 4.97. The minimum absolute atomic E-state index is 0.0177. The summed E-state index contributed by atoms with van der Waals surface area (Å²) in [7, 11) is 0. The van der Waals surface area contributed by atoms with Crippen molar-refractivity contribution in [1.82, 2.24) is 4.90 Å². The molecule has 4 rings (SSSR count). The fraction of sp³-hybridized carbons (Fsp3) is 0.318. The maximum atomic E-state index is 12.7. The number of amides is 1. The minimum atomic E-state index is -0.0315. The molecular weight excluding hydrogens is 352 g/mol. The van der Waals surface area contributed by atoms with E-state index in [9.17, 15) is 10.1 Å². The summed E-state index contributed by atoms with van der Waals surface area (Å²) in [5.41, 5.74) is 5.44. The van der Waals surface area contributed by atoms with Crippen molar-refractivity contribution in [3.8, 4) is 23.4 Å². The Balaban J connectivity index is 1.67. The highest BCUT2D eigenvalue weighted by Gasteiger charge is 2.25. The Hall–Kier alpha value is -3.35. The first-order valence-electron chi connectivity index (χ1n) is 9.37. The third-order valence-electron chi connectivity index (χ3n) is 5.38. The second-order valence-electron chi connectivity index (χ2n) is 7.18. The number of nitrogens with one attached hydrogen (secondary N) is 1. The van der Waals surface area contributed by atoms with Crippen molar-refractivity contribution >= 4 is 11.6 Å². The molecule has 0 spiro atoms. The zero-order chi connectivity index (χ0) is 19.5. The summed E-state index contributed by atoms with van der Waals surface area (Å²) >= 11 is 0. The van der Waals surface area contributed by atoms with E-state index >= 15 is 0 Å². The zero-order valence-electron chi connectivity index (χ0n) is 15.4. The van der Waals surface area contributed by atoms with E-state index in [0.717, 1.165) is 40.8 Å². The molecule has 2 aromatic rings. The van der Waals surface area contributed by atoms with Gasteiger partial charge in [-0.05, 0) is 59.4 Å². The summed E-state index contributed by atoms with van der Waals surface area (Å²) in [4.78, 5) is 14.4. The Morgan fingerprint density at radius 2 is 1.86 bits per heavy atom. The van der Waals surface area contributed by atoms with E-state index in [1.54, 1.807) is 17.0 Å². The Morgan fingerprint density at radius 1 is 1.11 bits per heavy atom. The number of rotatable bonds is 3. The molecule has 0 aromatic heterocycles. The molecule has 140 valence electrons. The first-order chi connectivity index (χ1) is 13.7. The van der Waals surface area contributed by atoms with Crippen LogP contribution in [0.2, 0.25) is 0 Å². The van der Waals surface area contributed by atoms with E-state index < -0.39 is 0 Å². The lowest BCUT2D eigenvalue weighted by Crippen LogP contribution is -2.28. The molecule has 28 heavy (non-hydrogen) atoms. The summed E-state index contributed by atoms with van der Waals surface area (Å²) in [6, 6.07) is 13.5. The van der Waals surface area contributed by atoms with Crippen LogP contribution in [0.4, 0.5) is 5.69 Å². The molecule has 6 nitrogen and oxygen atoms in total. The largest absolute Gasteiger partial charge is 0.381 e. The van der Waals surface area contributed by atoms with Gasteiger partial charge in [-0.25, -0.2) is 0 Å². The zero-order valence-corrected chi connectivity index (χ0v) is 15.4. The van der Waals surface area contributed by atoms with Crippen LogP contribution in [0.15, 0.2) is 36.4 Å². The van der Waals surface area contributed by atoms with Crippen LogP contribution in [-0.4, -0.2) is 24.0 Å². The number of hydrogen-bond donors (Lipinski definition) is 1. The number of nitrogens with zero attached hydrogens (tertiary/aromatic N) is 3. The van der Waals surface area contributed by atoms with E-state index in [2.05, 4.69) is 17.6 Å². The van der Waals surface area contributed by atoms with Crippen molar-refractivity contribution in [3.63, 3.8) is 0 Å². The van der Waals surface area contributed by atoms with Crippen LogP contribution in [0.1, 0.15) is 29.5 Å². The molecule has 2 aromatic carbocycles. The highest BCUT2D eigenvalue weighted by atomic mass is 16.5. The minimum Gasteiger partial charge on any atom is -0.381 e. The molecule has 0 atom stereocenters. The van der Waals surface area contributed by atoms with Gasteiger partial charge in [-0.1, -0.05) is 12.1 Å². The van der Waals surface area contributed by atoms with Gasteiger partial charge in [-0.3, -0.25) is 4.79 Å². The fourth-order valence-electron chi connectivity index (χ4n) is 3.84. The summed E-state index contributed by atoms with van der Waals surface area (Å²) < 4.78 is 5.34. The molecule has 1 N–H and O–H groups in total. The Labute approximate surface area is 163 Å². The summed E-state index contributed by atoms with van der Waals surface area (Å²) in [6.45, 7) is 2.33. The number of hydrogen-bond acceptors (Lipinski definition) is 5. The second-order valence-corrected chi connectivity index (χ2v) is 7.18. The lowest BCUT2D eigenvalue weighted by atomic mass is 9.95. The molecule has 0 aliphatic carbocycles. The number of carbonyl (C=O) groups is 1.